The van der Waals surface area contributed by atoms with Gasteiger partial charge in [0.2, 0.25) is 5.95 Å². The van der Waals surface area contributed by atoms with Crippen LogP contribution in [0.25, 0.3) is 0 Å². The minimum Gasteiger partial charge on any atom is -0.338 e. The maximum atomic E-state index is 11.0. The molecule has 0 radical (unpaired) electrons. The van der Waals surface area contributed by atoms with Gasteiger partial charge in [-0.1, -0.05) is 0 Å². The summed E-state index contributed by atoms with van der Waals surface area (Å²) in [4.78, 5) is 29.2. The number of anilines is 1. The lowest BCUT2D eigenvalue weighted by Gasteiger charge is -2.34. The molecule has 0 N–H and O–H groups in total. The molecule has 0 unspecified atom stereocenters. The van der Waals surface area contributed by atoms with E-state index in [4.69, 9.17) is 0 Å². The lowest BCUT2D eigenvalue weighted by atomic mass is 10.2. The van der Waals surface area contributed by atoms with E-state index in [1.54, 1.807) is 24.5 Å². The molecule has 0 atom stereocenters. The van der Waals surface area contributed by atoms with Crippen molar-refractivity contribution in [2.45, 2.75) is 17.7 Å². The van der Waals surface area contributed by atoms with Gasteiger partial charge in [-0.05, 0) is 43.5 Å². The average molecular weight is 414 g/mol. The highest BCUT2D eigenvalue weighted by atomic mass is 32.2. The van der Waals surface area contributed by atoms with Crippen molar-refractivity contribution in [3.05, 3.63) is 46.8 Å². The van der Waals surface area contributed by atoms with Crippen molar-refractivity contribution in [2.75, 3.05) is 44.2 Å². The Hall–Kier alpha value is -2.72. The van der Waals surface area contributed by atoms with Crippen LogP contribution >= 0.6 is 11.9 Å². The summed E-state index contributed by atoms with van der Waals surface area (Å²) in [6.07, 6.45) is 7.54. The summed E-state index contributed by atoms with van der Waals surface area (Å²) in [5.41, 5.74) is 0.894. The third kappa shape index (κ3) is 5.01. The normalized spacial score (nSPS) is 16.7. The van der Waals surface area contributed by atoms with Crippen LogP contribution in [0.5, 0.6) is 0 Å². The summed E-state index contributed by atoms with van der Waals surface area (Å²) < 4.78 is 2.05. The van der Waals surface area contributed by atoms with Gasteiger partial charge in [0.15, 0.2) is 0 Å². The number of aromatic nitrogens is 2. The zero-order valence-electron chi connectivity index (χ0n) is 16.1. The highest BCUT2D eigenvalue weighted by Crippen LogP contribution is 2.37. The number of aliphatic imine (C=N–C) groups is 1. The Bertz CT molecular complexity index is 872. The van der Waals surface area contributed by atoms with E-state index in [0.29, 0.717) is 0 Å². The van der Waals surface area contributed by atoms with Gasteiger partial charge in [-0.25, -0.2) is 15.0 Å². The maximum absolute atomic E-state index is 11.0. The first-order valence-electron chi connectivity index (χ1n) is 9.70. The summed E-state index contributed by atoms with van der Waals surface area (Å²) in [7, 11) is 0. The molecule has 9 nitrogen and oxygen atoms in total. The smallest absolute Gasteiger partial charge is 0.270 e. The van der Waals surface area contributed by atoms with Gasteiger partial charge in [-0.2, -0.15) is 0 Å². The van der Waals surface area contributed by atoms with Crippen LogP contribution in [0.1, 0.15) is 12.8 Å². The highest BCUT2D eigenvalue weighted by Gasteiger charge is 2.19. The summed E-state index contributed by atoms with van der Waals surface area (Å²) in [6.45, 7) is 5.89. The van der Waals surface area contributed by atoms with Crippen LogP contribution in [0.3, 0.4) is 0 Å². The molecule has 29 heavy (non-hydrogen) atoms. The zero-order valence-corrected chi connectivity index (χ0v) is 16.9. The van der Waals surface area contributed by atoms with Crippen molar-refractivity contribution in [1.29, 1.82) is 0 Å². The Morgan fingerprint density at radius 2 is 1.83 bits per heavy atom. The van der Waals surface area contributed by atoms with Crippen LogP contribution in [0.15, 0.2) is 46.5 Å². The Kier molecular flexibility index (Phi) is 6.20. The molecule has 0 spiro atoms. The highest BCUT2D eigenvalue weighted by molar-refractivity contribution is 7.97. The zero-order chi connectivity index (χ0) is 20.1. The molecule has 152 valence electrons. The maximum Gasteiger partial charge on any atom is 0.270 e. The fraction of sp³-hybridized carbons (Fsp3) is 0.421. The lowest BCUT2D eigenvalue weighted by Crippen LogP contribution is -2.47. The topological polar surface area (TPSA) is 91.0 Å². The van der Waals surface area contributed by atoms with E-state index in [9.17, 15) is 10.1 Å². The number of hydrogen-bond acceptors (Lipinski definition) is 9. The number of piperazine rings is 1. The number of non-ortho nitro benzene ring substituents is 1. The molecule has 1 fully saturated rings. The molecule has 2 aliphatic rings. The van der Waals surface area contributed by atoms with Crippen molar-refractivity contribution in [3.8, 4) is 0 Å². The molecule has 0 amide bonds. The van der Waals surface area contributed by atoms with Crippen LogP contribution in [0.4, 0.5) is 17.3 Å². The molecule has 0 bridgehead atoms. The van der Waals surface area contributed by atoms with Crippen molar-refractivity contribution < 1.29 is 4.92 Å². The standard InChI is InChI=1S/C19H23N7O2S/c27-26(28)16-4-5-17-18(14-16)29-25(15-22-17)9-2-1-8-23-10-12-24(13-11-23)19-20-6-3-7-21-19/h3-7,14-15H,1-2,8-13H2. The van der Waals surface area contributed by atoms with Crippen LogP contribution in [0.2, 0.25) is 0 Å². The predicted octanol–water partition coefficient (Wildman–Crippen LogP) is 2.97. The molecule has 0 aliphatic carbocycles. The Balaban J connectivity index is 1.17. The molecule has 4 rings (SSSR count). The molecule has 2 aromatic rings. The van der Waals surface area contributed by atoms with Gasteiger partial charge >= 0.3 is 0 Å². The van der Waals surface area contributed by atoms with Crippen LogP contribution < -0.4 is 4.90 Å². The van der Waals surface area contributed by atoms with E-state index in [-0.39, 0.29) is 10.6 Å². The van der Waals surface area contributed by atoms with Gasteiger partial charge < -0.3 is 9.21 Å². The minimum atomic E-state index is -0.368. The van der Waals surface area contributed by atoms with Gasteiger partial charge in [-0.15, -0.1) is 0 Å². The third-order valence-corrected chi connectivity index (χ3v) is 6.04. The molecule has 2 aliphatic heterocycles. The third-order valence-electron chi connectivity index (χ3n) is 5.01. The van der Waals surface area contributed by atoms with Gasteiger partial charge in [0, 0.05) is 57.3 Å². The number of rotatable bonds is 7. The van der Waals surface area contributed by atoms with Crippen LogP contribution in [-0.2, 0) is 0 Å². The summed E-state index contributed by atoms with van der Waals surface area (Å²) in [5.74, 6) is 0.814. The second-order valence-corrected chi connectivity index (χ2v) is 8.06. The van der Waals surface area contributed by atoms with Crippen molar-refractivity contribution >= 4 is 35.6 Å². The minimum absolute atomic E-state index is 0.105. The van der Waals surface area contributed by atoms with E-state index in [1.807, 2.05) is 12.4 Å². The second-order valence-electron chi connectivity index (χ2n) is 6.97. The SMILES string of the molecule is O=[N+]([O-])c1ccc2c(c1)SN(CCCCN1CCN(c3ncccn3)CC1)C=N2. The number of hydrogen-bond donors (Lipinski definition) is 0. The predicted molar refractivity (Wildman–Crippen MR) is 114 cm³/mol. The number of nitro benzene ring substituents is 1. The summed E-state index contributed by atoms with van der Waals surface area (Å²) in [5, 5.41) is 11.0. The summed E-state index contributed by atoms with van der Waals surface area (Å²) >= 11 is 1.52. The lowest BCUT2D eigenvalue weighted by molar-refractivity contribution is -0.385. The van der Waals surface area contributed by atoms with Crippen molar-refractivity contribution in [2.24, 2.45) is 4.99 Å². The average Bonchev–Trinajstić information content (AvgIpc) is 2.77. The molecule has 1 aromatic carbocycles. The first kappa shape index (κ1) is 19.6. The molecular weight excluding hydrogens is 390 g/mol. The largest absolute Gasteiger partial charge is 0.338 e. The Labute approximate surface area is 173 Å². The number of unbranched alkanes of at least 4 members (excludes halogenated alkanes) is 1. The van der Waals surface area contributed by atoms with E-state index in [1.165, 1.54) is 18.0 Å². The van der Waals surface area contributed by atoms with Crippen LogP contribution in [0, 0.1) is 10.1 Å². The van der Waals surface area contributed by atoms with E-state index >= 15 is 0 Å². The quantitative estimate of drug-likeness (QED) is 0.296. The first-order valence-corrected chi connectivity index (χ1v) is 10.5. The first-order chi connectivity index (χ1) is 14.2. The van der Waals surface area contributed by atoms with Crippen molar-refractivity contribution in [1.82, 2.24) is 19.2 Å². The number of fused-ring (bicyclic) bond motifs is 1. The Morgan fingerprint density at radius 3 is 2.59 bits per heavy atom. The van der Waals surface area contributed by atoms with E-state index in [0.717, 1.165) is 68.6 Å². The van der Waals surface area contributed by atoms with Crippen LogP contribution in [-0.4, -0.2) is 69.7 Å². The molecule has 1 saturated heterocycles. The number of nitrogens with zero attached hydrogens (tertiary/aromatic N) is 7. The molecule has 3 heterocycles. The molecule has 10 heteroatoms. The fourth-order valence-electron chi connectivity index (χ4n) is 3.41. The molecular formula is C19H23N7O2S. The monoisotopic (exact) mass is 413 g/mol. The fourth-order valence-corrected chi connectivity index (χ4v) is 4.36. The van der Waals surface area contributed by atoms with E-state index < -0.39 is 0 Å². The second kappa shape index (κ2) is 9.19. The Morgan fingerprint density at radius 1 is 1.07 bits per heavy atom. The van der Waals surface area contributed by atoms with Gasteiger partial charge in [0.25, 0.3) is 5.69 Å². The van der Waals surface area contributed by atoms with Gasteiger partial charge in [0.05, 0.1) is 15.5 Å². The van der Waals surface area contributed by atoms with Crippen molar-refractivity contribution in [3.63, 3.8) is 0 Å². The van der Waals surface area contributed by atoms with Gasteiger partial charge in [-0.3, -0.25) is 15.0 Å². The van der Waals surface area contributed by atoms with Gasteiger partial charge in [0.1, 0.15) is 6.34 Å². The number of benzene rings is 1. The molecule has 0 saturated carbocycles. The van der Waals surface area contributed by atoms with E-state index in [2.05, 4.69) is 29.1 Å². The molecule has 1 aromatic heterocycles. The number of nitro groups is 1. The summed E-state index contributed by atoms with van der Waals surface area (Å²) in [6, 6.07) is 6.63.